The lowest BCUT2D eigenvalue weighted by Crippen LogP contribution is -2.10. The van der Waals surface area contributed by atoms with E-state index >= 15 is 0 Å². The van der Waals surface area contributed by atoms with Gasteiger partial charge in [-0.25, -0.2) is 9.67 Å². The molecule has 4 aromatic rings. The summed E-state index contributed by atoms with van der Waals surface area (Å²) in [4.78, 5) is 9.46. The molecule has 4 nitrogen and oxygen atoms in total. The molecule has 1 aliphatic carbocycles. The maximum absolute atomic E-state index is 6.91. The first-order valence-electron chi connectivity index (χ1n) is 10.7. The molecule has 0 saturated heterocycles. The third-order valence-corrected chi connectivity index (χ3v) is 6.20. The molecule has 0 radical (unpaired) electrons. The minimum absolute atomic E-state index is 0.0758. The topological polar surface area (TPSA) is 43.1 Å². The van der Waals surface area contributed by atoms with Crippen molar-refractivity contribution in [3.63, 3.8) is 0 Å². The van der Waals surface area contributed by atoms with Gasteiger partial charge in [0.25, 0.3) is 0 Å². The molecule has 0 atom stereocenters. The quantitative estimate of drug-likeness (QED) is 0.341. The zero-order valence-corrected chi connectivity index (χ0v) is 18.6. The Morgan fingerprint density at radius 2 is 1.56 bits per heavy atom. The van der Waals surface area contributed by atoms with Crippen molar-refractivity contribution in [2.24, 2.45) is 4.99 Å². The van der Waals surface area contributed by atoms with Crippen molar-refractivity contribution in [3.8, 4) is 5.82 Å². The molecule has 158 valence electrons. The number of nitrogens with zero attached hydrogens (tertiary/aromatic N) is 4. The number of allylic oxidation sites excluding steroid dienone is 1. The van der Waals surface area contributed by atoms with E-state index in [1.165, 1.54) is 0 Å². The zero-order valence-electron chi connectivity index (χ0n) is 17.8. The van der Waals surface area contributed by atoms with Crippen LogP contribution in [0.1, 0.15) is 40.5 Å². The van der Waals surface area contributed by atoms with Crippen LogP contribution in [0.3, 0.4) is 0 Å². The minimum atomic E-state index is -0.0758. The molecule has 0 fully saturated rings. The monoisotopic (exact) mass is 438 g/mol. The summed E-state index contributed by atoms with van der Waals surface area (Å²) < 4.78 is 1.91. The van der Waals surface area contributed by atoms with Crippen LogP contribution in [0.25, 0.3) is 10.9 Å². The van der Waals surface area contributed by atoms with Crippen molar-refractivity contribution in [1.29, 1.82) is 0 Å². The van der Waals surface area contributed by atoms with Crippen molar-refractivity contribution in [1.82, 2.24) is 14.8 Å². The van der Waals surface area contributed by atoms with Gasteiger partial charge in [0, 0.05) is 18.0 Å². The van der Waals surface area contributed by atoms with Gasteiger partial charge >= 0.3 is 0 Å². The number of aromatic nitrogens is 3. The van der Waals surface area contributed by atoms with Gasteiger partial charge in [-0.05, 0) is 48.6 Å². The molecular weight excluding hydrogens is 416 g/mol. The van der Waals surface area contributed by atoms with E-state index in [1.54, 1.807) is 6.20 Å². The average Bonchev–Trinajstić information content (AvgIpc) is 3.19. The second kappa shape index (κ2) is 8.93. The number of fused-ring (bicyclic) bond motifs is 1. The second-order valence-electron chi connectivity index (χ2n) is 7.85. The number of hydrogen-bond acceptors (Lipinski definition) is 3. The van der Waals surface area contributed by atoms with E-state index in [1.807, 2.05) is 48.2 Å². The van der Waals surface area contributed by atoms with Gasteiger partial charge in [0.1, 0.15) is 0 Å². The Kier molecular flexibility index (Phi) is 5.70. The van der Waals surface area contributed by atoms with Crippen molar-refractivity contribution in [3.05, 3.63) is 119 Å². The Hall–Kier alpha value is -3.50. The van der Waals surface area contributed by atoms with Gasteiger partial charge in [0.2, 0.25) is 0 Å². The standard InChI is InChI=1S/C27H23ClN4/c1-19-25-23(32(31-19)24-14-8-9-17-29-24)16-15-22(26(25)28)18-30-27(20-10-4-2-5-11-20)21-12-6-3-7-13-21/h2-14,17-18,27H,15-16H2,1H3. The first kappa shape index (κ1) is 20.4. The highest BCUT2D eigenvalue weighted by molar-refractivity contribution is 6.51. The van der Waals surface area contributed by atoms with Crippen LogP contribution in [0.4, 0.5) is 0 Å². The van der Waals surface area contributed by atoms with Crippen molar-refractivity contribution in [2.45, 2.75) is 25.8 Å². The Morgan fingerprint density at radius 3 is 2.19 bits per heavy atom. The van der Waals surface area contributed by atoms with Gasteiger partial charge in [-0.2, -0.15) is 5.10 Å². The Labute approximate surface area is 192 Å². The van der Waals surface area contributed by atoms with E-state index in [9.17, 15) is 0 Å². The van der Waals surface area contributed by atoms with Gasteiger partial charge in [-0.3, -0.25) is 4.99 Å². The summed E-state index contributed by atoms with van der Waals surface area (Å²) in [6, 6.07) is 26.5. The Bertz CT molecular complexity index is 1240. The number of pyridine rings is 1. The maximum Gasteiger partial charge on any atom is 0.153 e. The number of hydrogen-bond donors (Lipinski definition) is 0. The number of halogens is 1. The summed E-state index contributed by atoms with van der Waals surface area (Å²) in [5.41, 5.74) is 6.36. The molecule has 0 N–H and O–H groups in total. The number of aliphatic imine (C=N–C) groups is 1. The molecule has 5 heteroatoms. The van der Waals surface area contributed by atoms with Crippen molar-refractivity contribution >= 4 is 22.8 Å². The van der Waals surface area contributed by atoms with Gasteiger partial charge < -0.3 is 0 Å². The van der Waals surface area contributed by atoms with Crippen LogP contribution in [-0.4, -0.2) is 21.0 Å². The third kappa shape index (κ3) is 3.90. The van der Waals surface area contributed by atoms with Crippen LogP contribution in [0, 0.1) is 6.92 Å². The van der Waals surface area contributed by atoms with Gasteiger partial charge in [-0.15, -0.1) is 0 Å². The molecular formula is C27H23ClN4. The molecule has 2 aromatic heterocycles. The molecule has 5 rings (SSSR count). The maximum atomic E-state index is 6.91. The highest BCUT2D eigenvalue weighted by Crippen LogP contribution is 2.37. The van der Waals surface area contributed by atoms with Gasteiger partial charge in [-0.1, -0.05) is 78.3 Å². The number of aryl methyl sites for hydroxylation is 1. The molecule has 0 aliphatic heterocycles. The average molecular weight is 439 g/mol. The second-order valence-corrected chi connectivity index (χ2v) is 8.23. The van der Waals surface area contributed by atoms with Crippen LogP contribution in [0.15, 0.2) is 95.6 Å². The summed E-state index contributed by atoms with van der Waals surface area (Å²) in [6.07, 6.45) is 5.38. The third-order valence-electron chi connectivity index (χ3n) is 5.76. The minimum Gasteiger partial charge on any atom is -0.280 e. The summed E-state index contributed by atoms with van der Waals surface area (Å²) in [7, 11) is 0. The molecule has 2 aromatic carbocycles. The van der Waals surface area contributed by atoms with E-state index in [0.29, 0.717) is 0 Å². The molecule has 0 bridgehead atoms. The van der Waals surface area contributed by atoms with Gasteiger partial charge in [0.05, 0.1) is 22.5 Å². The SMILES string of the molecule is Cc1nn(-c2ccccn2)c2c1C(Cl)=C(C=NC(c1ccccc1)c1ccccc1)CC2. The molecule has 0 saturated carbocycles. The predicted octanol–water partition coefficient (Wildman–Crippen LogP) is 6.33. The Balaban J connectivity index is 1.53. The van der Waals surface area contributed by atoms with Crippen LogP contribution >= 0.6 is 11.6 Å². The van der Waals surface area contributed by atoms with E-state index in [0.717, 1.165) is 57.3 Å². The van der Waals surface area contributed by atoms with E-state index in [4.69, 9.17) is 21.7 Å². The highest BCUT2D eigenvalue weighted by Gasteiger charge is 2.25. The fourth-order valence-corrected chi connectivity index (χ4v) is 4.59. The highest BCUT2D eigenvalue weighted by atomic mass is 35.5. The summed E-state index contributed by atoms with van der Waals surface area (Å²) in [6.45, 7) is 2.00. The van der Waals surface area contributed by atoms with Crippen LogP contribution in [0.5, 0.6) is 0 Å². The van der Waals surface area contributed by atoms with E-state index in [-0.39, 0.29) is 6.04 Å². The fourth-order valence-electron chi connectivity index (χ4n) is 4.20. The smallest absolute Gasteiger partial charge is 0.153 e. The Morgan fingerprint density at radius 1 is 0.906 bits per heavy atom. The van der Waals surface area contributed by atoms with Crippen LogP contribution < -0.4 is 0 Å². The molecule has 0 amide bonds. The first-order valence-corrected chi connectivity index (χ1v) is 11.1. The summed E-state index contributed by atoms with van der Waals surface area (Å²) in [5.74, 6) is 0.812. The summed E-state index contributed by atoms with van der Waals surface area (Å²) in [5, 5.41) is 5.46. The van der Waals surface area contributed by atoms with Crippen molar-refractivity contribution < 1.29 is 0 Å². The molecule has 0 spiro atoms. The van der Waals surface area contributed by atoms with Gasteiger partial charge in [0.15, 0.2) is 5.82 Å². The molecule has 0 unspecified atom stereocenters. The van der Waals surface area contributed by atoms with Crippen LogP contribution in [-0.2, 0) is 6.42 Å². The molecule has 1 aliphatic rings. The lowest BCUT2D eigenvalue weighted by atomic mass is 9.95. The van der Waals surface area contributed by atoms with E-state index < -0.39 is 0 Å². The summed E-state index contributed by atoms with van der Waals surface area (Å²) >= 11 is 6.91. The zero-order chi connectivity index (χ0) is 21.9. The first-order chi connectivity index (χ1) is 15.7. The van der Waals surface area contributed by atoms with Crippen LogP contribution in [0.2, 0.25) is 0 Å². The molecule has 2 heterocycles. The predicted molar refractivity (Wildman–Crippen MR) is 130 cm³/mol. The van der Waals surface area contributed by atoms with E-state index in [2.05, 4.69) is 53.5 Å². The number of benzene rings is 2. The molecule has 32 heavy (non-hydrogen) atoms. The number of rotatable bonds is 5. The lowest BCUT2D eigenvalue weighted by molar-refractivity contribution is 0.760. The largest absolute Gasteiger partial charge is 0.280 e. The normalized spacial score (nSPS) is 13.7. The lowest BCUT2D eigenvalue weighted by Gasteiger charge is -2.18. The van der Waals surface area contributed by atoms with Crippen molar-refractivity contribution in [2.75, 3.05) is 0 Å². The fraction of sp³-hybridized carbons (Fsp3) is 0.148.